The van der Waals surface area contributed by atoms with Gasteiger partial charge in [-0.05, 0) is 5.41 Å². The highest BCUT2D eigenvalue weighted by Gasteiger charge is 2.24. The molecule has 6 heteroatoms. The third kappa shape index (κ3) is 3.26. The van der Waals surface area contributed by atoms with Crippen molar-refractivity contribution in [3.05, 3.63) is 10.3 Å². The van der Waals surface area contributed by atoms with Crippen LogP contribution >= 0.6 is 23.5 Å². The Kier molecular flexibility index (Phi) is 4.34. The first-order valence-electron chi connectivity index (χ1n) is 4.05. The molecule has 1 aliphatic rings. The molecule has 1 heterocycles. The predicted molar refractivity (Wildman–Crippen MR) is 58.2 cm³/mol. The minimum Gasteiger partial charge on any atom is -0.479 e. The Labute approximate surface area is 90.5 Å². The Morgan fingerprint density at radius 3 is 2.71 bits per heavy atom. The average Bonchev–Trinajstić information content (AvgIpc) is 2.15. The normalized spacial score (nSPS) is 18.2. The fraction of sp³-hybridized carbons (Fsp3) is 0.500. The maximum absolute atomic E-state index is 10.9. The van der Waals surface area contributed by atoms with Gasteiger partial charge in [-0.2, -0.15) is 0 Å². The zero-order chi connectivity index (χ0) is 10.6. The van der Waals surface area contributed by atoms with E-state index in [2.05, 4.69) is 5.32 Å². The predicted octanol–water partition coefficient (Wildman–Crippen LogP) is 0.897. The number of aliphatic carboxylic acids is 1. The van der Waals surface area contributed by atoms with Gasteiger partial charge in [0, 0.05) is 23.3 Å². The second-order valence-electron chi connectivity index (χ2n) is 2.71. The molecule has 0 aromatic rings. The van der Waals surface area contributed by atoms with Crippen molar-refractivity contribution in [1.82, 2.24) is 5.32 Å². The third-order valence-electron chi connectivity index (χ3n) is 1.55. The lowest BCUT2D eigenvalue weighted by atomic mass is 10.3. The SMILES string of the molecule is CC(=O)NC(C(=O)O)C1=CSCCS1. The van der Waals surface area contributed by atoms with Gasteiger partial charge in [0.15, 0.2) is 6.04 Å². The molecule has 1 rings (SSSR count). The van der Waals surface area contributed by atoms with Crippen molar-refractivity contribution in [2.24, 2.45) is 0 Å². The number of carboxylic acid groups (broad SMARTS) is 1. The number of carboxylic acids is 1. The Morgan fingerprint density at radius 1 is 1.57 bits per heavy atom. The maximum Gasteiger partial charge on any atom is 0.331 e. The molecule has 4 nitrogen and oxygen atoms in total. The quantitative estimate of drug-likeness (QED) is 0.758. The molecule has 0 spiro atoms. The van der Waals surface area contributed by atoms with Crippen LogP contribution in [0.15, 0.2) is 10.3 Å². The van der Waals surface area contributed by atoms with Crippen LogP contribution < -0.4 is 5.32 Å². The third-order valence-corrected chi connectivity index (χ3v) is 3.91. The second-order valence-corrected chi connectivity index (χ2v) is 4.86. The van der Waals surface area contributed by atoms with E-state index in [1.165, 1.54) is 18.7 Å². The van der Waals surface area contributed by atoms with Crippen molar-refractivity contribution >= 4 is 35.4 Å². The topological polar surface area (TPSA) is 66.4 Å². The summed E-state index contributed by atoms with van der Waals surface area (Å²) in [5.74, 6) is 0.538. The minimum absolute atomic E-state index is 0.325. The van der Waals surface area contributed by atoms with Gasteiger partial charge in [0.05, 0.1) is 0 Å². The molecule has 1 amide bonds. The molecule has 14 heavy (non-hydrogen) atoms. The average molecular weight is 233 g/mol. The summed E-state index contributed by atoms with van der Waals surface area (Å²) in [5.41, 5.74) is 0. The summed E-state index contributed by atoms with van der Waals surface area (Å²) >= 11 is 3.06. The minimum atomic E-state index is -1.01. The van der Waals surface area contributed by atoms with Gasteiger partial charge in [-0.15, -0.1) is 23.5 Å². The van der Waals surface area contributed by atoms with Gasteiger partial charge < -0.3 is 10.4 Å². The van der Waals surface area contributed by atoms with Gasteiger partial charge in [0.1, 0.15) is 0 Å². The second kappa shape index (κ2) is 5.31. The van der Waals surface area contributed by atoms with Crippen LogP contribution in [0, 0.1) is 0 Å². The van der Waals surface area contributed by atoms with Gasteiger partial charge in [-0.1, -0.05) is 0 Å². The first kappa shape index (κ1) is 11.5. The number of nitrogens with one attached hydrogen (secondary N) is 1. The zero-order valence-corrected chi connectivity index (χ0v) is 9.28. The molecule has 0 aromatic heterocycles. The molecule has 1 atom stereocenters. The highest BCUT2D eigenvalue weighted by atomic mass is 32.2. The van der Waals surface area contributed by atoms with E-state index in [1.54, 1.807) is 11.8 Å². The van der Waals surface area contributed by atoms with E-state index in [0.29, 0.717) is 4.91 Å². The molecular formula is C8H11NO3S2. The molecule has 2 N–H and O–H groups in total. The monoisotopic (exact) mass is 233 g/mol. The number of hydrogen-bond acceptors (Lipinski definition) is 4. The number of carbonyl (C=O) groups is 2. The summed E-state index contributed by atoms with van der Waals surface area (Å²) in [5, 5.41) is 13.1. The fourth-order valence-electron chi connectivity index (χ4n) is 0.992. The molecule has 0 saturated carbocycles. The lowest BCUT2D eigenvalue weighted by Gasteiger charge is -2.19. The van der Waals surface area contributed by atoms with Crippen molar-refractivity contribution < 1.29 is 14.7 Å². The molecule has 78 valence electrons. The van der Waals surface area contributed by atoms with E-state index >= 15 is 0 Å². The van der Waals surface area contributed by atoms with Crippen LogP contribution in [0.3, 0.4) is 0 Å². The van der Waals surface area contributed by atoms with Crippen molar-refractivity contribution in [2.75, 3.05) is 11.5 Å². The molecule has 0 aromatic carbocycles. The molecule has 1 aliphatic heterocycles. The summed E-state index contributed by atoms with van der Waals surface area (Å²) in [7, 11) is 0. The fourth-order valence-corrected chi connectivity index (χ4v) is 3.17. The molecule has 0 radical (unpaired) electrons. The van der Waals surface area contributed by atoms with Crippen LogP contribution in [0.2, 0.25) is 0 Å². The van der Waals surface area contributed by atoms with Crippen LogP contribution in [-0.4, -0.2) is 34.5 Å². The summed E-state index contributed by atoms with van der Waals surface area (Å²) in [6.45, 7) is 1.32. The van der Waals surface area contributed by atoms with Gasteiger partial charge in [0.25, 0.3) is 0 Å². The first-order valence-corrected chi connectivity index (χ1v) is 6.09. The molecule has 0 bridgehead atoms. The van der Waals surface area contributed by atoms with Crippen molar-refractivity contribution in [2.45, 2.75) is 13.0 Å². The van der Waals surface area contributed by atoms with Gasteiger partial charge >= 0.3 is 5.97 Å². The van der Waals surface area contributed by atoms with Crippen LogP contribution in [-0.2, 0) is 9.59 Å². The standard InChI is InChI=1S/C8H11NO3S2/c1-5(10)9-7(8(11)12)6-4-13-2-3-14-6/h4,7H,2-3H2,1H3,(H,9,10)(H,11,12). The van der Waals surface area contributed by atoms with Crippen LogP contribution in [0.1, 0.15) is 6.92 Å². The summed E-state index contributed by atoms with van der Waals surface area (Å²) in [4.78, 5) is 22.4. The smallest absolute Gasteiger partial charge is 0.331 e. The van der Waals surface area contributed by atoms with Gasteiger partial charge in [0.2, 0.25) is 5.91 Å². The van der Waals surface area contributed by atoms with E-state index in [9.17, 15) is 9.59 Å². The van der Waals surface area contributed by atoms with E-state index in [1.807, 2.05) is 5.41 Å². The maximum atomic E-state index is 10.9. The van der Waals surface area contributed by atoms with Crippen LogP contribution in [0.25, 0.3) is 0 Å². The molecule has 0 aliphatic carbocycles. The van der Waals surface area contributed by atoms with Crippen LogP contribution in [0.5, 0.6) is 0 Å². The van der Waals surface area contributed by atoms with E-state index in [-0.39, 0.29) is 5.91 Å². The van der Waals surface area contributed by atoms with E-state index in [0.717, 1.165) is 11.5 Å². The van der Waals surface area contributed by atoms with Gasteiger partial charge in [-0.25, -0.2) is 4.79 Å². The zero-order valence-electron chi connectivity index (χ0n) is 7.65. The molecule has 0 fully saturated rings. The van der Waals surface area contributed by atoms with Crippen molar-refractivity contribution in [1.29, 1.82) is 0 Å². The number of amides is 1. The number of hydrogen-bond donors (Lipinski definition) is 2. The van der Waals surface area contributed by atoms with E-state index < -0.39 is 12.0 Å². The highest BCUT2D eigenvalue weighted by molar-refractivity contribution is 8.09. The Balaban J connectivity index is 2.70. The largest absolute Gasteiger partial charge is 0.479 e. The first-order chi connectivity index (χ1) is 6.61. The molecule has 1 unspecified atom stereocenters. The Hall–Kier alpha value is -0.620. The molecule has 0 saturated heterocycles. The lowest BCUT2D eigenvalue weighted by molar-refractivity contribution is -0.140. The van der Waals surface area contributed by atoms with Crippen molar-refractivity contribution in [3.63, 3.8) is 0 Å². The van der Waals surface area contributed by atoms with Crippen molar-refractivity contribution in [3.8, 4) is 0 Å². The summed E-state index contributed by atoms with van der Waals surface area (Å²) in [6, 6.07) is -0.884. The number of thioether (sulfide) groups is 2. The number of rotatable bonds is 3. The summed E-state index contributed by atoms with van der Waals surface area (Å²) < 4.78 is 0. The Bertz CT molecular complexity index is 278. The van der Waals surface area contributed by atoms with Gasteiger partial charge in [-0.3, -0.25) is 4.79 Å². The summed E-state index contributed by atoms with van der Waals surface area (Å²) in [6.07, 6.45) is 0. The lowest BCUT2D eigenvalue weighted by Crippen LogP contribution is -2.40. The van der Waals surface area contributed by atoms with E-state index in [4.69, 9.17) is 5.11 Å². The number of carbonyl (C=O) groups excluding carboxylic acids is 1. The Morgan fingerprint density at radius 2 is 2.29 bits per heavy atom. The van der Waals surface area contributed by atoms with Crippen LogP contribution in [0.4, 0.5) is 0 Å². The highest BCUT2D eigenvalue weighted by Crippen LogP contribution is 2.29. The molecular weight excluding hydrogens is 222 g/mol.